The van der Waals surface area contributed by atoms with Gasteiger partial charge in [0, 0.05) is 81.0 Å². The normalized spacial score (nSPS) is 27.6. The number of para-hydroxylation sites is 1. The van der Waals surface area contributed by atoms with Crippen LogP contribution in [-0.2, 0) is 41.5 Å². The number of phenolic OH excluding ortho intramolecular Hbond substituents is 2. The maximum atomic E-state index is 14.1. The molecule has 2 saturated heterocycles. The van der Waals surface area contributed by atoms with Crippen molar-refractivity contribution in [2.75, 3.05) is 60.3 Å². The van der Waals surface area contributed by atoms with Crippen LogP contribution in [0.15, 0.2) is 97.4 Å². The second-order valence-corrected chi connectivity index (χ2v) is 23.4. The summed E-state index contributed by atoms with van der Waals surface area (Å²) in [6.45, 7) is 9.29. The number of rotatable bonds is 11. The molecule has 12 rings (SSSR count). The van der Waals surface area contributed by atoms with Crippen molar-refractivity contribution in [2.24, 2.45) is 9.98 Å². The van der Waals surface area contributed by atoms with E-state index in [1.165, 1.54) is 26.2 Å². The fourth-order valence-electron chi connectivity index (χ4n) is 15.1. The maximum Gasteiger partial charge on any atom is 0.244 e. The molecule has 4 unspecified atom stereocenters. The summed E-state index contributed by atoms with van der Waals surface area (Å²) >= 11 is 1.23. The zero-order chi connectivity index (χ0) is 59.2. The predicted molar refractivity (Wildman–Crippen MR) is 325 cm³/mol. The molecule has 7 aliphatic heterocycles. The Morgan fingerprint density at radius 1 is 0.741 bits per heavy atom. The molecular weight excluding hydrogens is 1100 g/mol. The Labute approximate surface area is 501 Å². The number of aliphatic imine (C=N–C) groups is 2. The van der Waals surface area contributed by atoms with Crippen LogP contribution >= 0.6 is 11.9 Å². The first-order valence-corrected chi connectivity index (χ1v) is 28.7. The highest BCUT2D eigenvalue weighted by atomic mass is 32.2. The van der Waals surface area contributed by atoms with Crippen molar-refractivity contribution in [3.63, 3.8) is 0 Å². The summed E-state index contributed by atoms with van der Waals surface area (Å²) in [6, 6.07) is 14.4. The fourth-order valence-corrected chi connectivity index (χ4v) is 15.7. The number of hydrogen-bond acceptors (Lipinski definition) is 20. The number of carbonyl (C=O) groups is 4. The van der Waals surface area contributed by atoms with Gasteiger partial charge in [0.2, 0.25) is 11.7 Å². The highest BCUT2D eigenvalue weighted by molar-refractivity contribution is 8.13. The lowest BCUT2D eigenvalue weighted by Gasteiger charge is -2.60. The van der Waals surface area contributed by atoms with Crippen molar-refractivity contribution < 1.29 is 48.3 Å². The first kappa shape index (κ1) is 61.8. The van der Waals surface area contributed by atoms with Gasteiger partial charge in [-0.05, 0) is 121 Å². The molecule has 4 bridgehead atoms. The molecule has 448 valence electrons. The number of nitrogens with zero attached hydrogens (tertiary/aromatic N) is 8. The number of ether oxygens (including phenoxy) is 4. The Morgan fingerprint density at radius 2 is 1.25 bits per heavy atom. The van der Waals surface area contributed by atoms with Crippen LogP contribution in [0.4, 0.5) is 5.69 Å². The highest BCUT2D eigenvalue weighted by Gasteiger charge is 2.60. The van der Waals surface area contributed by atoms with Gasteiger partial charge < -0.3 is 39.2 Å². The molecule has 1 amide bonds. The zero-order valence-electron chi connectivity index (χ0n) is 48.4. The van der Waals surface area contributed by atoms with E-state index in [0.29, 0.717) is 59.8 Å². The van der Waals surface area contributed by atoms with Crippen molar-refractivity contribution in [3.8, 4) is 35.1 Å². The number of aromatic hydroxyl groups is 2. The second-order valence-electron chi connectivity index (χ2n) is 22.7. The Morgan fingerprint density at radius 3 is 1.76 bits per heavy atom. The standard InChI is InChI=1S/C36H40N6O6S.C26H28N4O4.2CH4/c1-18-12-21-13-24-26(15-37)42-25(30(41(24)4)28(21)32(44)34(18)47-5)14-23-29(33(45)35(48-6)19(2)31(23)43)27(42)16-38-36(46)20(3)39-17-49-40-22-10-8-7-9-11-22;1-11-6-13-7-15-17(9-27)30-16(22(29(15)3)19(13)24(32)25(11)33-4)8-14-20-18(30)10-28-21(20)26(34-5)12(2)23(14)31;;/h7-12,17,20,24-27,30,40,44H,13-14,16H2,1-6H3,(H,38,46);6,15-18,22,32H,7-8,10H2,1-5H3;2*1H4/t20?,24-,25?,26-,27-,30-;15-,16?,17-,18?,22-;;/m00../s1. The van der Waals surface area contributed by atoms with Crippen molar-refractivity contribution >= 4 is 52.2 Å². The minimum atomic E-state index is -0.822. The number of piperazine rings is 2. The minimum Gasteiger partial charge on any atom is -0.504 e. The van der Waals surface area contributed by atoms with Gasteiger partial charge in [-0.25, -0.2) is 0 Å². The number of amides is 1. The molecule has 7 heterocycles. The van der Waals surface area contributed by atoms with Gasteiger partial charge in [-0.3, -0.25) is 48.8 Å². The summed E-state index contributed by atoms with van der Waals surface area (Å²) in [5.41, 5.74) is 11.5. The van der Waals surface area contributed by atoms with Gasteiger partial charge in [0.05, 0.1) is 76.8 Å². The number of likely N-dealkylation sites (N-methyl/N-ethyl adjacent to an activating group) is 2. The van der Waals surface area contributed by atoms with Gasteiger partial charge >= 0.3 is 0 Å². The predicted octanol–water partition coefficient (Wildman–Crippen LogP) is 7.10. The monoisotopic (exact) mass is 1180 g/mol. The van der Waals surface area contributed by atoms with E-state index in [1.54, 1.807) is 40.5 Å². The second kappa shape index (κ2) is 23.9. The molecule has 9 aliphatic rings. The molecule has 85 heavy (non-hydrogen) atoms. The molecule has 2 fully saturated rings. The average Bonchev–Trinajstić information content (AvgIpc) is 1.60. The summed E-state index contributed by atoms with van der Waals surface area (Å²) in [4.78, 5) is 72.6. The van der Waals surface area contributed by atoms with Crippen LogP contribution < -0.4 is 19.5 Å². The van der Waals surface area contributed by atoms with E-state index in [0.717, 1.165) is 50.4 Å². The summed E-state index contributed by atoms with van der Waals surface area (Å²) in [7, 11) is 9.97. The van der Waals surface area contributed by atoms with E-state index in [9.17, 15) is 39.9 Å². The molecule has 0 spiro atoms. The van der Waals surface area contributed by atoms with Crippen LogP contribution in [-0.4, -0.2) is 174 Å². The molecule has 0 radical (unpaired) electrons. The number of fused-ring (bicyclic) bond motifs is 13. The lowest BCUT2D eigenvalue weighted by molar-refractivity contribution is -0.125. The quantitative estimate of drug-likeness (QED) is 0.0646. The van der Waals surface area contributed by atoms with Crippen molar-refractivity contribution in [1.29, 1.82) is 10.5 Å². The van der Waals surface area contributed by atoms with E-state index in [1.807, 2.05) is 69.2 Å². The lowest BCUT2D eigenvalue weighted by atomic mass is 9.69. The number of benzene rings is 3. The number of methoxy groups -OCH3 is 4. The molecule has 3 aromatic rings. The third-order valence-electron chi connectivity index (χ3n) is 18.7. The number of phenols is 2. The number of Topliss-reactive ketones (excluding diaryl/α,β-unsaturated/α-hetero) is 3. The molecular formula is C64H76N10O10S. The van der Waals surface area contributed by atoms with E-state index >= 15 is 0 Å². The fraction of sp³-hybridized carbons (Fsp3) is 0.469. The number of ketones is 3. The smallest absolute Gasteiger partial charge is 0.244 e. The number of hydrogen-bond donors (Lipinski definition) is 4. The van der Waals surface area contributed by atoms with E-state index < -0.39 is 36.0 Å². The van der Waals surface area contributed by atoms with Crippen LogP contribution in [0, 0.1) is 36.5 Å². The van der Waals surface area contributed by atoms with Crippen LogP contribution in [0.3, 0.4) is 0 Å². The van der Waals surface area contributed by atoms with Crippen molar-refractivity contribution in [2.45, 2.75) is 142 Å². The molecule has 21 heteroatoms. The summed E-state index contributed by atoms with van der Waals surface area (Å²) in [6.07, 6.45) is 1.80. The first-order chi connectivity index (χ1) is 39.9. The van der Waals surface area contributed by atoms with Gasteiger partial charge in [0.15, 0.2) is 46.1 Å². The van der Waals surface area contributed by atoms with E-state index in [4.69, 9.17) is 23.9 Å². The van der Waals surface area contributed by atoms with Crippen molar-refractivity contribution in [3.05, 3.63) is 121 Å². The molecule has 3 aromatic carbocycles. The first-order valence-electron chi connectivity index (χ1n) is 27.8. The van der Waals surface area contributed by atoms with Gasteiger partial charge in [0.1, 0.15) is 23.8 Å². The minimum absolute atomic E-state index is 0. The molecule has 20 nitrogen and oxygen atoms in total. The maximum absolute atomic E-state index is 14.1. The van der Waals surface area contributed by atoms with Crippen LogP contribution in [0.25, 0.3) is 0 Å². The van der Waals surface area contributed by atoms with Crippen LogP contribution in [0.5, 0.6) is 23.0 Å². The number of allylic oxidation sites excluding steroid dienone is 4. The molecule has 0 saturated carbocycles. The molecule has 0 aromatic heterocycles. The SMILES string of the molecule is C.C.COC1=C(C)C(=O)C2=C(C1=O)[C@H](CNC(=O)C(C)N=CSNc1ccccc1)N1C(C2)[C@H]2c3c(cc(C)c(OC)c3O)C[C@@H]([C@@H]1C#N)N2C.COC1=C(C)C(=O)C2=C3C1=NCC3N1C(C2)[C@H]2c3c(cc(C)c(OC)c3O)C[C@@H]([C@@H]1C#N)N2C. The number of nitrogens with one attached hydrogen (secondary N) is 2. The van der Waals surface area contributed by atoms with E-state index in [-0.39, 0.29) is 110 Å². The number of nitriles is 2. The highest BCUT2D eigenvalue weighted by Crippen LogP contribution is 2.56. The Kier molecular flexibility index (Phi) is 17.4. The number of carbonyl (C=O) groups excluding carboxylic acids is 4. The van der Waals surface area contributed by atoms with E-state index in [2.05, 4.69) is 47.9 Å². The van der Waals surface area contributed by atoms with Gasteiger partial charge in [0.25, 0.3) is 0 Å². The van der Waals surface area contributed by atoms with Crippen LogP contribution in [0.1, 0.15) is 93.9 Å². The molecule has 2 aliphatic carbocycles. The number of anilines is 1. The third kappa shape index (κ3) is 9.59. The summed E-state index contributed by atoms with van der Waals surface area (Å²) in [5, 5.41) is 47.0. The van der Waals surface area contributed by atoms with Gasteiger partial charge in [-0.15, -0.1) is 0 Å². The Balaban J connectivity index is 0.000000211. The lowest BCUT2D eigenvalue weighted by Crippen LogP contribution is -2.71. The largest absolute Gasteiger partial charge is 0.504 e. The number of aryl methyl sites for hydroxylation is 2. The van der Waals surface area contributed by atoms with Crippen molar-refractivity contribution in [1.82, 2.24) is 24.9 Å². The third-order valence-corrected chi connectivity index (χ3v) is 19.3. The van der Waals surface area contributed by atoms with Crippen LogP contribution in [0.2, 0.25) is 0 Å². The Bertz CT molecular complexity index is 3580. The Hall–Kier alpha value is -7.79. The molecule has 11 atom stereocenters. The summed E-state index contributed by atoms with van der Waals surface area (Å²) in [5.74, 6) is 0.462. The van der Waals surface area contributed by atoms with Gasteiger partial charge in [-0.2, -0.15) is 10.5 Å². The summed E-state index contributed by atoms with van der Waals surface area (Å²) < 4.78 is 25.3. The average molecular weight is 1180 g/mol. The van der Waals surface area contributed by atoms with Gasteiger partial charge in [-0.1, -0.05) is 45.2 Å². The topological polar surface area (TPSA) is 255 Å². The zero-order valence-corrected chi connectivity index (χ0v) is 49.2. The molecule has 4 N–H and O–H groups in total.